The van der Waals surface area contributed by atoms with Crippen LogP contribution in [0.5, 0.6) is 5.88 Å². The number of ether oxygens (including phenoxy) is 1. The van der Waals surface area contributed by atoms with Gasteiger partial charge in [-0.2, -0.15) is 0 Å². The molecular weight excluding hydrogens is 236 g/mol. The molecule has 5 heteroatoms. The summed E-state index contributed by atoms with van der Waals surface area (Å²) < 4.78 is 4.96. The average molecular weight is 254 g/mol. The lowest BCUT2D eigenvalue weighted by atomic mass is 10.3. The Morgan fingerprint density at radius 2 is 2.29 bits per heavy atom. The van der Waals surface area contributed by atoms with Gasteiger partial charge < -0.3 is 10.1 Å². The molecule has 0 saturated heterocycles. The second-order valence-electron chi connectivity index (χ2n) is 3.85. The lowest BCUT2D eigenvalue weighted by molar-refractivity contribution is -0.118. The molecular formula is C12H18N2O2S. The van der Waals surface area contributed by atoms with Gasteiger partial charge in [-0.25, -0.2) is 4.98 Å². The maximum atomic E-state index is 11.5. The monoisotopic (exact) mass is 254 g/mol. The van der Waals surface area contributed by atoms with Crippen molar-refractivity contribution in [2.24, 2.45) is 0 Å². The van der Waals surface area contributed by atoms with Crippen LogP contribution in [0, 0.1) is 0 Å². The van der Waals surface area contributed by atoms with E-state index in [1.165, 1.54) is 0 Å². The maximum Gasteiger partial charge on any atom is 0.230 e. The number of amides is 1. The third-order valence-corrected chi connectivity index (χ3v) is 3.14. The molecule has 0 aromatic carbocycles. The first-order chi connectivity index (χ1) is 8.11. The van der Waals surface area contributed by atoms with E-state index in [0.717, 1.165) is 5.56 Å². The van der Waals surface area contributed by atoms with Gasteiger partial charge in [0.1, 0.15) is 0 Å². The number of nitrogens with zero attached hydrogens (tertiary/aromatic N) is 1. The number of aromatic nitrogens is 1. The van der Waals surface area contributed by atoms with Gasteiger partial charge >= 0.3 is 0 Å². The molecule has 0 atom stereocenters. The van der Waals surface area contributed by atoms with Gasteiger partial charge in [-0.15, -0.1) is 11.8 Å². The van der Waals surface area contributed by atoms with Crippen LogP contribution in [0.25, 0.3) is 0 Å². The Kier molecular flexibility index (Phi) is 5.83. The van der Waals surface area contributed by atoms with Gasteiger partial charge in [0.15, 0.2) is 0 Å². The quantitative estimate of drug-likeness (QED) is 0.841. The standard InChI is InChI=1S/C12H18N2O2S/c1-9(2)17-8-11(15)13-6-10-4-5-12(16-3)14-7-10/h4-5,7,9H,6,8H2,1-3H3,(H,13,15). The summed E-state index contributed by atoms with van der Waals surface area (Å²) in [5, 5.41) is 3.33. The van der Waals surface area contributed by atoms with E-state index >= 15 is 0 Å². The molecule has 0 aliphatic rings. The van der Waals surface area contributed by atoms with Crippen LogP contribution < -0.4 is 10.1 Å². The molecule has 4 nitrogen and oxygen atoms in total. The van der Waals surface area contributed by atoms with Gasteiger partial charge in [0.05, 0.1) is 12.9 Å². The number of hydrogen-bond donors (Lipinski definition) is 1. The van der Waals surface area contributed by atoms with E-state index in [4.69, 9.17) is 4.74 Å². The van der Waals surface area contributed by atoms with Crippen molar-refractivity contribution in [3.8, 4) is 5.88 Å². The summed E-state index contributed by atoms with van der Waals surface area (Å²) in [6, 6.07) is 3.67. The first kappa shape index (κ1) is 13.8. The van der Waals surface area contributed by atoms with Gasteiger partial charge in [0, 0.05) is 18.8 Å². The van der Waals surface area contributed by atoms with Gasteiger partial charge in [0.2, 0.25) is 11.8 Å². The summed E-state index contributed by atoms with van der Waals surface area (Å²) in [6.45, 7) is 4.66. The molecule has 0 saturated carbocycles. The van der Waals surface area contributed by atoms with Gasteiger partial charge in [0.25, 0.3) is 0 Å². The Morgan fingerprint density at radius 3 is 2.82 bits per heavy atom. The zero-order valence-electron chi connectivity index (χ0n) is 10.4. The van der Waals surface area contributed by atoms with Crippen molar-refractivity contribution in [3.05, 3.63) is 23.9 Å². The second kappa shape index (κ2) is 7.17. The van der Waals surface area contributed by atoms with Crippen LogP contribution in [0.4, 0.5) is 0 Å². The van der Waals surface area contributed by atoms with E-state index in [1.54, 1.807) is 31.1 Å². The van der Waals surface area contributed by atoms with Crippen molar-refractivity contribution in [3.63, 3.8) is 0 Å². The Labute approximate surface area is 106 Å². The third kappa shape index (κ3) is 5.58. The Morgan fingerprint density at radius 1 is 1.53 bits per heavy atom. The van der Waals surface area contributed by atoms with Crippen LogP contribution in [0.3, 0.4) is 0 Å². The molecule has 94 valence electrons. The molecule has 1 aromatic heterocycles. The number of carbonyl (C=O) groups is 1. The second-order valence-corrected chi connectivity index (χ2v) is 5.41. The van der Waals surface area contributed by atoms with Crippen molar-refractivity contribution < 1.29 is 9.53 Å². The van der Waals surface area contributed by atoms with Gasteiger partial charge in [-0.05, 0) is 10.8 Å². The van der Waals surface area contributed by atoms with Crippen LogP contribution in [-0.2, 0) is 11.3 Å². The molecule has 0 spiro atoms. The number of carbonyl (C=O) groups excluding carboxylic acids is 1. The molecule has 0 radical (unpaired) electrons. The molecule has 0 aliphatic heterocycles. The highest BCUT2D eigenvalue weighted by atomic mass is 32.2. The molecule has 0 aliphatic carbocycles. The molecule has 1 N–H and O–H groups in total. The number of rotatable bonds is 6. The van der Waals surface area contributed by atoms with Crippen LogP contribution in [-0.4, -0.2) is 29.0 Å². The predicted molar refractivity (Wildman–Crippen MR) is 70.2 cm³/mol. The normalized spacial score (nSPS) is 10.4. The molecule has 1 heterocycles. The van der Waals surface area contributed by atoms with Gasteiger partial charge in [-0.1, -0.05) is 19.9 Å². The molecule has 1 aromatic rings. The number of nitrogens with one attached hydrogen (secondary N) is 1. The van der Waals surface area contributed by atoms with Crippen LogP contribution >= 0.6 is 11.8 Å². The number of pyridine rings is 1. The molecule has 0 fully saturated rings. The first-order valence-electron chi connectivity index (χ1n) is 5.49. The fourth-order valence-electron chi connectivity index (χ4n) is 1.13. The van der Waals surface area contributed by atoms with Crippen molar-refractivity contribution in [1.29, 1.82) is 0 Å². The molecule has 1 rings (SSSR count). The van der Waals surface area contributed by atoms with E-state index in [2.05, 4.69) is 24.1 Å². The van der Waals surface area contributed by atoms with Crippen molar-refractivity contribution >= 4 is 17.7 Å². The minimum absolute atomic E-state index is 0.0551. The highest BCUT2D eigenvalue weighted by molar-refractivity contribution is 8.00. The van der Waals surface area contributed by atoms with Crippen molar-refractivity contribution in [2.75, 3.05) is 12.9 Å². The lowest BCUT2D eigenvalue weighted by Gasteiger charge is -2.07. The zero-order valence-corrected chi connectivity index (χ0v) is 11.2. The average Bonchev–Trinajstić information content (AvgIpc) is 2.34. The topological polar surface area (TPSA) is 51.2 Å². The van der Waals surface area contributed by atoms with E-state index in [0.29, 0.717) is 23.4 Å². The van der Waals surface area contributed by atoms with Crippen LogP contribution in [0.2, 0.25) is 0 Å². The predicted octanol–water partition coefficient (Wildman–Crippen LogP) is 1.85. The fraction of sp³-hybridized carbons (Fsp3) is 0.500. The van der Waals surface area contributed by atoms with Crippen LogP contribution in [0.15, 0.2) is 18.3 Å². The lowest BCUT2D eigenvalue weighted by Crippen LogP contribution is -2.25. The fourth-order valence-corrected chi connectivity index (χ4v) is 1.72. The van der Waals surface area contributed by atoms with Crippen molar-refractivity contribution in [1.82, 2.24) is 10.3 Å². The van der Waals surface area contributed by atoms with E-state index < -0.39 is 0 Å². The minimum atomic E-state index is 0.0551. The smallest absolute Gasteiger partial charge is 0.230 e. The SMILES string of the molecule is COc1ccc(CNC(=O)CSC(C)C)cn1. The molecule has 1 amide bonds. The van der Waals surface area contributed by atoms with E-state index in [1.807, 2.05) is 6.07 Å². The Balaban J connectivity index is 2.31. The first-order valence-corrected chi connectivity index (χ1v) is 6.54. The largest absolute Gasteiger partial charge is 0.481 e. The summed E-state index contributed by atoms with van der Waals surface area (Å²) in [5.41, 5.74) is 0.966. The zero-order chi connectivity index (χ0) is 12.7. The molecule has 17 heavy (non-hydrogen) atoms. The Hall–Kier alpha value is -1.23. The van der Waals surface area contributed by atoms with E-state index in [-0.39, 0.29) is 5.91 Å². The highest BCUT2D eigenvalue weighted by Crippen LogP contribution is 2.09. The van der Waals surface area contributed by atoms with Crippen molar-refractivity contribution in [2.45, 2.75) is 25.6 Å². The van der Waals surface area contributed by atoms with Gasteiger partial charge in [-0.3, -0.25) is 4.79 Å². The molecule has 0 unspecified atom stereocenters. The van der Waals surface area contributed by atoms with Crippen LogP contribution in [0.1, 0.15) is 19.4 Å². The summed E-state index contributed by atoms with van der Waals surface area (Å²) in [5.74, 6) is 1.14. The number of thioether (sulfide) groups is 1. The summed E-state index contributed by atoms with van der Waals surface area (Å²) in [4.78, 5) is 15.5. The maximum absolute atomic E-state index is 11.5. The number of methoxy groups -OCH3 is 1. The highest BCUT2D eigenvalue weighted by Gasteiger charge is 2.03. The van der Waals surface area contributed by atoms with E-state index in [9.17, 15) is 4.79 Å². The summed E-state index contributed by atoms with van der Waals surface area (Å²) in [6.07, 6.45) is 1.70. The summed E-state index contributed by atoms with van der Waals surface area (Å²) in [7, 11) is 1.58. The minimum Gasteiger partial charge on any atom is -0.481 e. The number of hydrogen-bond acceptors (Lipinski definition) is 4. The Bertz CT molecular complexity index is 352. The third-order valence-electron chi connectivity index (χ3n) is 2.04. The molecule has 0 bridgehead atoms. The summed E-state index contributed by atoms with van der Waals surface area (Å²) >= 11 is 1.63.